The lowest BCUT2D eigenvalue weighted by Gasteiger charge is -2.04. The average Bonchev–Trinajstić information content (AvgIpc) is 3.05. The zero-order chi connectivity index (χ0) is 12.5. The highest BCUT2D eigenvalue weighted by atomic mass is 16.5. The summed E-state index contributed by atoms with van der Waals surface area (Å²) in [5, 5.41) is 3.99. The summed E-state index contributed by atoms with van der Waals surface area (Å²) >= 11 is 0. The highest BCUT2D eigenvalue weighted by molar-refractivity contribution is 5.65. The van der Waals surface area contributed by atoms with Crippen LogP contribution in [0.3, 0.4) is 0 Å². The summed E-state index contributed by atoms with van der Waals surface area (Å²) in [4.78, 5) is 4.38. The van der Waals surface area contributed by atoms with Gasteiger partial charge in [0.2, 0.25) is 0 Å². The van der Waals surface area contributed by atoms with E-state index in [1.807, 2.05) is 6.07 Å². The van der Waals surface area contributed by atoms with Crippen molar-refractivity contribution >= 4 is 5.69 Å². The first-order valence-corrected chi connectivity index (χ1v) is 6.02. The number of rotatable bonds is 4. The molecule has 5 nitrogen and oxygen atoms in total. The van der Waals surface area contributed by atoms with Crippen LogP contribution in [-0.4, -0.2) is 17.3 Å². The summed E-state index contributed by atoms with van der Waals surface area (Å²) in [6, 6.07) is 5.45. The molecule has 0 spiro atoms. The molecule has 2 N–H and O–H groups in total. The van der Waals surface area contributed by atoms with Crippen molar-refractivity contribution in [2.24, 2.45) is 5.92 Å². The third-order valence-corrected chi connectivity index (χ3v) is 3.11. The fourth-order valence-corrected chi connectivity index (χ4v) is 1.90. The molecule has 2 aromatic rings. The molecule has 0 radical (unpaired) electrons. The van der Waals surface area contributed by atoms with Crippen LogP contribution in [-0.2, 0) is 6.42 Å². The first-order valence-electron chi connectivity index (χ1n) is 6.02. The van der Waals surface area contributed by atoms with Crippen LogP contribution in [0.4, 0.5) is 5.69 Å². The minimum atomic E-state index is 0.514. The maximum atomic E-state index is 5.85. The van der Waals surface area contributed by atoms with E-state index in [1.165, 1.54) is 12.8 Å². The Morgan fingerprint density at radius 2 is 2.28 bits per heavy atom. The van der Waals surface area contributed by atoms with Crippen molar-refractivity contribution in [1.29, 1.82) is 0 Å². The molecule has 0 amide bonds. The first-order chi connectivity index (χ1) is 8.76. The van der Waals surface area contributed by atoms with E-state index in [-0.39, 0.29) is 0 Å². The summed E-state index contributed by atoms with van der Waals surface area (Å²) < 4.78 is 10.4. The number of hydrogen-bond acceptors (Lipinski definition) is 5. The van der Waals surface area contributed by atoms with Gasteiger partial charge in [0, 0.05) is 12.0 Å². The molecule has 94 valence electrons. The first kappa shape index (κ1) is 11.1. The van der Waals surface area contributed by atoms with Crippen molar-refractivity contribution in [3.63, 3.8) is 0 Å². The van der Waals surface area contributed by atoms with Gasteiger partial charge in [-0.15, -0.1) is 0 Å². The Balaban J connectivity index is 1.84. The van der Waals surface area contributed by atoms with E-state index in [0.717, 1.165) is 23.7 Å². The third-order valence-electron chi connectivity index (χ3n) is 3.11. The smallest absolute Gasteiger partial charge is 0.257 e. The fraction of sp³-hybridized carbons (Fsp3) is 0.385. The van der Waals surface area contributed by atoms with Gasteiger partial charge in [-0.05, 0) is 37.0 Å². The molecule has 0 bridgehead atoms. The van der Waals surface area contributed by atoms with Gasteiger partial charge in [0.1, 0.15) is 5.75 Å². The number of nitrogens with zero attached hydrogens (tertiary/aromatic N) is 2. The van der Waals surface area contributed by atoms with Crippen molar-refractivity contribution < 1.29 is 9.26 Å². The molecule has 1 aliphatic carbocycles. The molecular weight excluding hydrogens is 230 g/mol. The van der Waals surface area contributed by atoms with Crippen LogP contribution in [0.15, 0.2) is 22.7 Å². The van der Waals surface area contributed by atoms with Crippen LogP contribution in [0.1, 0.15) is 18.7 Å². The second-order valence-corrected chi connectivity index (χ2v) is 4.62. The van der Waals surface area contributed by atoms with E-state index < -0.39 is 0 Å². The lowest BCUT2D eigenvalue weighted by molar-refractivity contribution is 0.415. The SMILES string of the molecule is COc1ccc(-c2nc(CC3CC3)no2)cc1N. The van der Waals surface area contributed by atoms with Crippen LogP contribution < -0.4 is 10.5 Å². The minimum absolute atomic E-state index is 0.514. The number of methoxy groups -OCH3 is 1. The summed E-state index contributed by atoms with van der Waals surface area (Å²) in [6.45, 7) is 0. The average molecular weight is 245 g/mol. The lowest BCUT2D eigenvalue weighted by Crippen LogP contribution is -1.93. The van der Waals surface area contributed by atoms with E-state index in [0.29, 0.717) is 17.3 Å². The summed E-state index contributed by atoms with van der Waals surface area (Å²) in [5.41, 5.74) is 7.24. The van der Waals surface area contributed by atoms with Crippen LogP contribution in [0.5, 0.6) is 5.75 Å². The van der Waals surface area contributed by atoms with Crippen LogP contribution >= 0.6 is 0 Å². The Labute approximate surface area is 105 Å². The Bertz CT molecular complexity index is 561. The largest absolute Gasteiger partial charge is 0.495 e. The quantitative estimate of drug-likeness (QED) is 0.836. The van der Waals surface area contributed by atoms with Gasteiger partial charge in [-0.25, -0.2) is 0 Å². The second-order valence-electron chi connectivity index (χ2n) is 4.62. The van der Waals surface area contributed by atoms with Crippen LogP contribution in [0.25, 0.3) is 11.5 Å². The normalized spacial score (nSPS) is 14.7. The van der Waals surface area contributed by atoms with Crippen molar-refractivity contribution in [2.45, 2.75) is 19.3 Å². The zero-order valence-electron chi connectivity index (χ0n) is 10.2. The van der Waals surface area contributed by atoms with E-state index in [9.17, 15) is 0 Å². The van der Waals surface area contributed by atoms with Crippen molar-refractivity contribution in [3.8, 4) is 17.2 Å². The van der Waals surface area contributed by atoms with Crippen molar-refractivity contribution in [3.05, 3.63) is 24.0 Å². The molecule has 1 aromatic heterocycles. The predicted octanol–water partition coefficient (Wildman–Crippen LogP) is 2.28. The van der Waals surface area contributed by atoms with Crippen LogP contribution in [0, 0.1) is 5.92 Å². The van der Waals surface area contributed by atoms with Gasteiger partial charge in [-0.1, -0.05) is 5.16 Å². The van der Waals surface area contributed by atoms with Gasteiger partial charge in [-0.3, -0.25) is 0 Å². The Morgan fingerprint density at radius 1 is 1.44 bits per heavy atom. The molecular formula is C13H15N3O2. The van der Waals surface area contributed by atoms with Crippen molar-refractivity contribution in [2.75, 3.05) is 12.8 Å². The monoisotopic (exact) mass is 245 g/mol. The zero-order valence-corrected chi connectivity index (χ0v) is 10.2. The molecule has 1 aromatic carbocycles. The topological polar surface area (TPSA) is 74.2 Å². The van der Waals surface area contributed by atoms with Gasteiger partial charge >= 0.3 is 0 Å². The number of hydrogen-bond donors (Lipinski definition) is 1. The standard InChI is InChI=1S/C13H15N3O2/c1-17-11-5-4-9(7-10(11)14)13-15-12(16-18-13)6-8-2-3-8/h4-5,7-8H,2-3,6,14H2,1H3. The van der Waals surface area contributed by atoms with Gasteiger partial charge < -0.3 is 15.0 Å². The molecule has 5 heteroatoms. The van der Waals surface area contributed by atoms with Gasteiger partial charge in [-0.2, -0.15) is 4.98 Å². The summed E-state index contributed by atoms with van der Waals surface area (Å²) in [5.74, 6) is 2.69. The Hall–Kier alpha value is -2.04. The van der Waals surface area contributed by atoms with E-state index in [1.54, 1.807) is 19.2 Å². The fourth-order valence-electron chi connectivity index (χ4n) is 1.90. The lowest BCUT2D eigenvalue weighted by atomic mass is 10.2. The van der Waals surface area contributed by atoms with Gasteiger partial charge in [0.25, 0.3) is 5.89 Å². The molecule has 0 atom stereocenters. The number of anilines is 1. The molecule has 1 heterocycles. The Kier molecular flexibility index (Phi) is 2.66. The second kappa shape index (κ2) is 4.33. The Morgan fingerprint density at radius 3 is 2.94 bits per heavy atom. The van der Waals surface area contributed by atoms with Gasteiger partial charge in [0.05, 0.1) is 12.8 Å². The predicted molar refractivity (Wildman–Crippen MR) is 67.1 cm³/mol. The number of benzene rings is 1. The maximum absolute atomic E-state index is 5.85. The van der Waals surface area contributed by atoms with Crippen LogP contribution in [0.2, 0.25) is 0 Å². The molecule has 0 saturated heterocycles. The molecule has 0 aliphatic heterocycles. The van der Waals surface area contributed by atoms with Crippen molar-refractivity contribution in [1.82, 2.24) is 10.1 Å². The van der Waals surface area contributed by atoms with E-state index in [4.69, 9.17) is 15.0 Å². The van der Waals surface area contributed by atoms with E-state index >= 15 is 0 Å². The number of aromatic nitrogens is 2. The highest BCUT2D eigenvalue weighted by Gasteiger charge is 2.24. The number of nitrogen functional groups attached to an aromatic ring is 1. The number of ether oxygens (including phenoxy) is 1. The third kappa shape index (κ3) is 2.16. The summed E-state index contributed by atoms with van der Waals surface area (Å²) in [6.07, 6.45) is 3.47. The van der Waals surface area contributed by atoms with E-state index in [2.05, 4.69) is 10.1 Å². The van der Waals surface area contributed by atoms with Gasteiger partial charge in [0.15, 0.2) is 5.82 Å². The summed E-state index contributed by atoms with van der Waals surface area (Å²) in [7, 11) is 1.59. The molecule has 18 heavy (non-hydrogen) atoms. The molecule has 1 fully saturated rings. The molecule has 1 saturated carbocycles. The highest BCUT2D eigenvalue weighted by Crippen LogP contribution is 2.32. The molecule has 3 rings (SSSR count). The number of nitrogens with two attached hydrogens (primary N) is 1. The molecule has 0 unspecified atom stereocenters. The maximum Gasteiger partial charge on any atom is 0.257 e. The molecule has 1 aliphatic rings. The minimum Gasteiger partial charge on any atom is -0.495 e.